The van der Waals surface area contributed by atoms with Crippen molar-refractivity contribution in [3.8, 4) is 0 Å². The second-order valence-corrected chi connectivity index (χ2v) is 28.7. The van der Waals surface area contributed by atoms with Crippen LogP contribution in [0.2, 0.25) is 5.76 Å². The van der Waals surface area contributed by atoms with Gasteiger partial charge in [-0.1, -0.05) is 129 Å². The third kappa shape index (κ3) is 6.55. The van der Waals surface area contributed by atoms with Crippen molar-refractivity contribution in [2.75, 3.05) is 0 Å². The summed E-state index contributed by atoms with van der Waals surface area (Å²) in [4.78, 5) is 0. The first-order valence-electron chi connectivity index (χ1n) is 14.7. The van der Waals surface area contributed by atoms with Crippen LogP contribution in [0.1, 0.15) is 0 Å². The summed E-state index contributed by atoms with van der Waals surface area (Å²) in [5.74, 6) is 2.43. The van der Waals surface area contributed by atoms with Gasteiger partial charge in [-0.3, -0.25) is 0 Å². The Hall–Kier alpha value is -3.21. The summed E-state index contributed by atoms with van der Waals surface area (Å²) in [6, 6.07) is 58.7. The van der Waals surface area contributed by atoms with E-state index in [0.717, 1.165) is 0 Å². The number of benzene rings is 7. The molecule has 0 saturated heterocycles. The number of fused-ring (bicyclic) bond motifs is 12. The monoisotopic (exact) mass is 846 g/mol. The van der Waals surface area contributed by atoms with Gasteiger partial charge in [-0.05, 0) is 10.8 Å². The molecule has 0 aliphatic carbocycles. The van der Waals surface area contributed by atoms with Crippen LogP contribution in [0, 0.1) is 0 Å². The predicted molar refractivity (Wildman–Crippen MR) is 187 cm³/mol. The Kier molecular flexibility index (Phi) is 11.0. The van der Waals surface area contributed by atoms with Gasteiger partial charge in [0.2, 0.25) is 0 Å². The fourth-order valence-corrected chi connectivity index (χ4v) is 10.8. The van der Waals surface area contributed by atoms with Crippen molar-refractivity contribution in [3.05, 3.63) is 164 Å². The van der Waals surface area contributed by atoms with Crippen molar-refractivity contribution < 1.29 is 46.1 Å². The van der Waals surface area contributed by atoms with Crippen LogP contribution in [0.15, 0.2) is 164 Å². The molecule has 0 amide bonds. The van der Waals surface area contributed by atoms with E-state index in [0.29, 0.717) is 0 Å². The van der Waals surface area contributed by atoms with Crippen LogP contribution >= 0.6 is 0 Å². The van der Waals surface area contributed by atoms with Crippen molar-refractivity contribution >= 4 is 79.1 Å². The molecule has 9 rings (SSSR count). The summed E-state index contributed by atoms with van der Waals surface area (Å²) in [6.45, 7) is 0. The van der Waals surface area contributed by atoms with E-state index in [4.69, 9.17) is 0 Å². The zero-order valence-corrected chi connectivity index (χ0v) is 32.0. The molecule has 0 N–H and O–H groups in total. The van der Waals surface area contributed by atoms with Crippen molar-refractivity contribution in [2.24, 2.45) is 0 Å². The maximum Gasteiger partial charge on any atom is -0.0293 e. The molecule has 0 aliphatic heterocycles. The molecule has 9 aromatic rings. The third-order valence-corrected chi connectivity index (χ3v) is 16.2. The minimum Gasteiger partial charge on any atom is -1.00 e. The summed E-state index contributed by atoms with van der Waals surface area (Å²) < 4.78 is 1.64. The maximum atomic E-state index is 2.43. The van der Waals surface area contributed by atoms with Gasteiger partial charge in [0.1, 0.15) is 0 Å². The molecular formula is C41H30Cl2GeHf-2. The molecule has 0 aliphatic rings. The molecule has 0 nitrogen and oxygen atoms in total. The Morgan fingerprint density at radius 2 is 0.644 bits per heavy atom. The second kappa shape index (κ2) is 14.9. The fraction of sp³-hybridized carbons (Fsp3) is 0.0244. The van der Waals surface area contributed by atoms with E-state index in [1.165, 1.54) is 85.9 Å². The average Bonchev–Trinajstić information content (AvgIpc) is 3.78. The SMILES string of the molecule is [CH3][Ge](=[Hf+2])[c]1ccccc1.[Cl-].[Cl-].c1ccc2c(c1)c1ccccc1c1[cH-]ccc21.c1ccc2c(c1)c1ccccc1c1[cH-]ccc21. The molecule has 0 aromatic heterocycles. The van der Waals surface area contributed by atoms with E-state index in [1.54, 1.807) is 4.40 Å². The van der Waals surface area contributed by atoms with Crippen molar-refractivity contribution in [1.82, 2.24) is 0 Å². The standard InChI is InChI=1S/2C17H11.C7H8Ge.2ClH.Hf/c2*1-3-8-14-12(6-1)13-7-2-4-9-15(13)17-11-5-10-16(14)17;1-8-7-5-3-2-4-6-7;;;/h2*1-11H;2-6H,1H3;2*1H;/q2*-1;;;;+2/p-2. The van der Waals surface area contributed by atoms with Gasteiger partial charge in [-0.15, -0.1) is 33.7 Å². The predicted octanol–water partition coefficient (Wildman–Crippen LogP) is 4.80. The molecule has 0 unspecified atom stereocenters. The molecule has 0 saturated carbocycles. The Balaban J connectivity index is 0.000000137. The molecular weight excluding hydrogens is 814 g/mol. The first kappa shape index (κ1) is 33.2. The van der Waals surface area contributed by atoms with Crippen LogP contribution in [-0.4, -0.2) is 10.1 Å². The molecule has 0 bridgehead atoms. The Morgan fingerprint density at radius 1 is 0.378 bits per heavy atom. The normalized spacial score (nSPS) is 10.6. The van der Waals surface area contributed by atoms with Crippen LogP contribution in [0.5, 0.6) is 0 Å². The Labute approximate surface area is 292 Å². The molecule has 0 radical (unpaired) electrons. The number of halogens is 2. The van der Waals surface area contributed by atoms with Crippen LogP contribution < -0.4 is 29.2 Å². The van der Waals surface area contributed by atoms with Gasteiger partial charge in [0.15, 0.2) is 0 Å². The van der Waals surface area contributed by atoms with E-state index in [9.17, 15) is 0 Å². The summed E-state index contributed by atoms with van der Waals surface area (Å²) >= 11 is 1.42. The summed E-state index contributed by atoms with van der Waals surface area (Å²) in [5.41, 5.74) is 0. The minimum absolute atomic E-state index is 0. The summed E-state index contributed by atoms with van der Waals surface area (Å²) in [7, 11) is -0.627. The largest absolute Gasteiger partial charge is 1.00 e. The van der Waals surface area contributed by atoms with Crippen LogP contribution in [-0.2, 0) is 21.3 Å². The van der Waals surface area contributed by atoms with Crippen LogP contribution in [0.25, 0.3) is 64.6 Å². The van der Waals surface area contributed by atoms with E-state index in [2.05, 4.69) is 170 Å². The fourth-order valence-electron chi connectivity index (χ4n) is 6.28. The topological polar surface area (TPSA) is 0 Å². The first-order chi connectivity index (χ1) is 21.2. The number of rotatable bonds is 1. The number of hydrogen-bond donors (Lipinski definition) is 0. The Morgan fingerprint density at radius 3 is 0.956 bits per heavy atom. The quantitative estimate of drug-likeness (QED) is 0.127. The van der Waals surface area contributed by atoms with Crippen molar-refractivity contribution in [1.29, 1.82) is 0 Å². The van der Waals surface area contributed by atoms with Gasteiger partial charge >= 0.3 is 71.8 Å². The third-order valence-electron chi connectivity index (χ3n) is 8.29. The summed E-state index contributed by atoms with van der Waals surface area (Å²) in [5, 5.41) is 16.2. The second-order valence-electron chi connectivity index (χ2n) is 10.9. The van der Waals surface area contributed by atoms with Crippen LogP contribution in [0.3, 0.4) is 0 Å². The van der Waals surface area contributed by atoms with Gasteiger partial charge in [-0.25, -0.2) is 0 Å². The molecule has 218 valence electrons. The van der Waals surface area contributed by atoms with E-state index in [1.807, 2.05) is 0 Å². The molecule has 0 fully saturated rings. The van der Waals surface area contributed by atoms with Gasteiger partial charge in [-0.2, -0.15) is 24.3 Å². The molecule has 0 heterocycles. The van der Waals surface area contributed by atoms with E-state index < -0.39 is 10.1 Å². The Bertz CT molecular complexity index is 2100. The van der Waals surface area contributed by atoms with Crippen molar-refractivity contribution in [3.63, 3.8) is 0 Å². The van der Waals surface area contributed by atoms with Gasteiger partial charge in [0, 0.05) is 0 Å². The van der Waals surface area contributed by atoms with Gasteiger partial charge in [0.25, 0.3) is 0 Å². The van der Waals surface area contributed by atoms with Gasteiger partial charge in [0.05, 0.1) is 0 Å². The summed E-state index contributed by atoms with van der Waals surface area (Å²) in [6.07, 6.45) is 0. The van der Waals surface area contributed by atoms with Crippen molar-refractivity contribution in [2.45, 2.75) is 5.76 Å². The molecule has 45 heavy (non-hydrogen) atoms. The maximum absolute atomic E-state index is 2.43. The van der Waals surface area contributed by atoms with E-state index >= 15 is 0 Å². The average molecular weight is 845 g/mol. The van der Waals surface area contributed by atoms with Gasteiger partial charge < -0.3 is 24.8 Å². The zero-order chi connectivity index (χ0) is 29.2. The smallest absolute Gasteiger partial charge is 0.0293 e. The molecule has 4 heteroatoms. The molecule has 0 spiro atoms. The van der Waals surface area contributed by atoms with E-state index in [-0.39, 0.29) is 24.8 Å². The zero-order valence-electron chi connectivity index (χ0n) is 24.8. The minimum atomic E-state index is -0.627. The molecule has 9 aromatic carbocycles. The van der Waals surface area contributed by atoms with Crippen LogP contribution in [0.4, 0.5) is 0 Å². The molecule has 0 atom stereocenters. The first-order valence-corrected chi connectivity index (χ1v) is 28.2. The number of hydrogen-bond acceptors (Lipinski definition) is 0.